The Balaban J connectivity index is 1.22. The number of nitrogens with one attached hydrogen (secondary N) is 2. The van der Waals surface area contributed by atoms with E-state index in [9.17, 15) is 39.0 Å². The van der Waals surface area contributed by atoms with Crippen LogP contribution in [0.3, 0.4) is 0 Å². The van der Waals surface area contributed by atoms with E-state index in [1.807, 2.05) is 74.5 Å². The zero-order valence-corrected chi connectivity index (χ0v) is 31.8. The van der Waals surface area contributed by atoms with Crippen molar-refractivity contribution < 1.29 is 39.0 Å². The van der Waals surface area contributed by atoms with Crippen LogP contribution in [0.15, 0.2) is 60.7 Å². The Hall–Kier alpha value is -3.70. The van der Waals surface area contributed by atoms with Gasteiger partial charge in [-0.1, -0.05) is 12.1 Å². The van der Waals surface area contributed by atoms with Gasteiger partial charge in [0.2, 0.25) is 0 Å². The molecule has 0 aromatic heterocycles. The predicted octanol–water partition coefficient (Wildman–Crippen LogP) is 2.02. The van der Waals surface area contributed by atoms with E-state index >= 15 is 0 Å². The summed E-state index contributed by atoms with van der Waals surface area (Å²) in [6, 6.07) is 14.6. The standard InChI is InChI=1S/C36H46N4O8Se2/c1-23(33(43)39-17-9-15-29(39)31(41)37-27(35(45)46)19-25-11-5-3-6-12-25)21-49-50-22-24(2)34(44)40-18-10-16-30(40)32(42)38-28(36(47)48)20-26-13-7-4-8-14-26/h3-8,11-14,23-24,27-30H,9-10,15-22H2,1-2H3,(H,37,41)(H,38,42)(H,45,46)(H,47,48)/t23-,24-,27+,28+,29+,30+/m1/s1. The number of carbonyl (C=O) groups is 6. The van der Waals surface area contributed by atoms with Crippen LogP contribution in [-0.4, -0.2) is 119 Å². The van der Waals surface area contributed by atoms with Crippen LogP contribution in [0, 0.1) is 11.8 Å². The van der Waals surface area contributed by atoms with E-state index in [0.29, 0.717) is 49.4 Å². The van der Waals surface area contributed by atoms with Crippen LogP contribution in [0.4, 0.5) is 0 Å². The van der Waals surface area contributed by atoms with Crippen LogP contribution in [0.1, 0.15) is 50.7 Å². The fourth-order valence-corrected chi connectivity index (χ4v) is 14.7. The summed E-state index contributed by atoms with van der Waals surface area (Å²) in [7, 11) is 0. The van der Waals surface area contributed by atoms with Crippen molar-refractivity contribution in [3.8, 4) is 0 Å². The quantitative estimate of drug-likeness (QED) is 0.139. The number of likely N-dealkylation sites (tertiary alicyclic amines) is 2. The van der Waals surface area contributed by atoms with Crippen molar-refractivity contribution in [2.24, 2.45) is 11.8 Å². The molecule has 0 unspecified atom stereocenters. The molecule has 2 aliphatic heterocycles. The number of amides is 4. The fraction of sp³-hybridized carbons (Fsp3) is 0.500. The van der Waals surface area contributed by atoms with Gasteiger partial charge in [-0.05, 0) is 0 Å². The molecule has 2 aromatic rings. The zero-order chi connectivity index (χ0) is 36.2. The number of aliphatic carboxylic acids is 2. The Bertz CT molecular complexity index is 1390. The van der Waals surface area contributed by atoms with Gasteiger partial charge in [0.05, 0.1) is 0 Å². The number of rotatable bonds is 17. The topological polar surface area (TPSA) is 173 Å². The second kappa shape index (κ2) is 19.1. The molecule has 6 atom stereocenters. The molecule has 14 heteroatoms. The number of carbonyl (C=O) groups excluding carboxylic acids is 4. The van der Waals surface area contributed by atoms with Gasteiger partial charge in [-0.15, -0.1) is 0 Å². The second-order valence-electron chi connectivity index (χ2n) is 12.9. The molecule has 2 aromatic carbocycles. The summed E-state index contributed by atoms with van der Waals surface area (Å²) in [5, 5.41) is 26.1. The van der Waals surface area contributed by atoms with E-state index in [0.717, 1.165) is 11.1 Å². The molecule has 12 nitrogen and oxygen atoms in total. The van der Waals surface area contributed by atoms with Crippen LogP contribution >= 0.6 is 0 Å². The molecular formula is C36H46N4O8Se2. The Morgan fingerprint density at radius 3 is 1.36 bits per heavy atom. The molecule has 2 heterocycles. The molecular weight excluding hydrogens is 774 g/mol. The molecule has 2 aliphatic rings. The number of carboxylic acids is 2. The Morgan fingerprint density at radius 2 is 1.02 bits per heavy atom. The molecule has 0 bridgehead atoms. The molecule has 4 N–H and O–H groups in total. The van der Waals surface area contributed by atoms with E-state index in [2.05, 4.69) is 10.6 Å². The molecule has 270 valence electrons. The summed E-state index contributed by atoms with van der Waals surface area (Å²) in [5.74, 6) is -3.98. The van der Waals surface area contributed by atoms with E-state index < -0.39 is 47.9 Å². The zero-order valence-electron chi connectivity index (χ0n) is 28.4. The molecule has 2 saturated heterocycles. The van der Waals surface area contributed by atoms with Gasteiger partial charge in [-0.3, -0.25) is 0 Å². The summed E-state index contributed by atoms with van der Waals surface area (Å²) in [6.07, 6.45) is 2.60. The van der Waals surface area contributed by atoms with Gasteiger partial charge in [-0.2, -0.15) is 0 Å². The SMILES string of the molecule is C[C@H](C[Se][Se]C[C@@H](C)C(=O)N1CCC[C@H]1C(=O)N[C@@H](Cc1ccccc1)C(=O)O)C(=O)N1CCC[C@H]1C(=O)N[C@@H](Cc1ccccc1)C(=O)O. The molecule has 0 aliphatic carbocycles. The number of carboxylic acid groups (broad SMARTS) is 2. The maximum absolute atomic E-state index is 13.4. The Morgan fingerprint density at radius 1 is 0.660 bits per heavy atom. The third-order valence-corrected chi connectivity index (χ3v) is 16.8. The Kier molecular flexibility index (Phi) is 14.9. The minimum absolute atomic E-state index is 0.114. The monoisotopic (exact) mass is 822 g/mol. The number of nitrogens with zero attached hydrogens (tertiary/aromatic N) is 2. The van der Waals surface area contributed by atoms with Crippen molar-refractivity contribution in [3.63, 3.8) is 0 Å². The van der Waals surface area contributed by atoms with Crippen molar-refractivity contribution in [2.75, 3.05) is 13.1 Å². The normalized spacial score (nSPS) is 19.6. The summed E-state index contributed by atoms with van der Waals surface area (Å²) < 4.78 is 0. The molecule has 0 radical (unpaired) electrons. The van der Waals surface area contributed by atoms with Gasteiger partial charge in [0.25, 0.3) is 0 Å². The average molecular weight is 821 g/mol. The van der Waals surface area contributed by atoms with Crippen LogP contribution < -0.4 is 10.6 Å². The van der Waals surface area contributed by atoms with Gasteiger partial charge in [0, 0.05) is 0 Å². The summed E-state index contributed by atoms with van der Waals surface area (Å²) in [4.78, 5) is 80.1. The van der Waals surface area contributed by atoms with Gasteiger partial charge in [0.15, 0.2) is 0 Å². The van der Waals surface area contributed by atoms with Crippen molar-refractivity contribution in [3.05, 3.63) is 71.8 Å². The van der Waals surface area contributed by atoms with E-state index in [-0.39, 0.29) is 62.8 Å². The van der Waals surface area contributed by atoms with Crippen molar-refractivity contribution in [1.82, 2.24) is 20.4 Å². The first-order valence-corrected chi connectivity index (χ1v) is 23.7. The molecule has 50 heavy (non-hydrogen) atoms. The first-order chi connectivity index (χ1) is 24.0. The van der Waals surface area contributed by atoms with Gasteiger partial charge in [-0.25, -0.2) is 0 Å². The molecule has 0 saturated carbocycles. The summed E-state index contributed by atoms with van der Waals surface area (Å²) in [6.45, 7) is 4.61. The Labute approximate surface area is 304 Å². The third kappa shape index (κ3) is 10.9. The summed E-state index contributed by atoms with van der Waals surface area (Å²) >= 11 is 0.234. The van der Waals surface area contributed by atoms with Crippen molar-refractivity contribution >= 4 is 61.8 Å². The fourth-order valence-electron chi connectivity index (χ4n) is 6.25. The van der Waals surface area contributed by atoms with E-state index in [1.54, 1.807) is 9.80 Å². The first kappa shape index (κ1) is 39.1. The first-order valence-electron chi connectivity index (χ1n) is 17.0. The van der Waals surface area contributed by atoms with Gasteiger partial charge >= 0.3 is 293 Å². The number of benzene rings is 2. The third-order valence-electron chi connectivity index (χ3n) is 9.03. The molecule has 4 amide bonds. The van der Waals surface area contributed by atoms with Crippen LogP contribution in [0.25, 0.3) is 0 Å². The molecule has 4 rings (SSSR count). The van der Waals surface area contributed by atoms with Crippen LogP contribution in [0.2, 0.25) is 10.6 Å². The van der Waals surface area contributed by atoms with E-state index in [1.165, 1.54) is 0 Å². The summed E-state index contributed by atoms with van der Waals surface area (Å²) in [5.41, 5.74) is 1.59. The van der Waals surface area contributed by atoms with Crippen LogP contribution in [-0.2, 0) is 41.6 Å². The number of hydrogen-bond acceptors (Lipinski definition) is 6. The molecule has 2 fully saturated rings. The average Bonchev–Trinajstić information content (AvgIpc) is 3.80. The van der Waals surface area contributed by atoms with Gasteiger partial charge < -0.3 is 0 Å². The molecule has 0 spiro atoms. The van der Waals surface area contributed by atoms with Gasteiger partial charge in [0.1, 0.15) is 0 Å². The number of hydrogen-bond donors (Lipinski definition) is 4. The van der Waals surface area contributed by atoms with Crippen molar-refractivity contribution in [2.45, 2.75) is 87.2 Å². The van der Waals surface area contributed by atoms with Crippen LogP contribution in [0.5, 0.6) is 0 Å². The van der Waals surface area contributed by atoms with E-state index in [4.69, 9.17) is 0 Å². The predicted molar refractivity (Wildman–Crippen MR) is 188 cm³/mol. The minimum atomic E-state index is -1.13. The maximum atomic E-state index is 13.4. The second-order valence-corrected chi connectivity index (χ2v) is 20.5. The van der Waals surface area contributed by atoms with Crippen molar-refractivity contribution in [1.29, 1.82) is 0 Å².